The van der Waals surface area contributed by atoms with Gasteiger partial charge in [0.1, 0.15) is 5.60 Å². The first-order valence-electron chi connectivity index (χ1n) is 32.5. The Morgan fingerprint density at radius 3 is 1.40 bits per heavy atom. The minimum Gasteiger partial charge on any atom is -0.493 e. The van der Waals surface area contributed by atoms with Gasteiger partial charge in [0.15, 0.2) is 23.0 Å². The molecule has 4 aliphatic rings. The molecule has 2 aliphatic carbocycles. The molecular weight excluding hydrogens is 1160 g/mol. The molecule has 4 atom stereocenters. The second-order valence-electron chi connectivity index (χ2n) is 25.6. The highest BCUT2D eigenvalue weighted by Gasteiger charge is 2.41. The molecular formula is C71H103ClN6O12. The fourth-order valence-corrected chi connectivity index (χ4v) is 12.1. The summed E-state index contributed by atoms with van der Waals surface area (Å²) in [5.41, 5.74) is 2.50. The molecule has 4 aromatic rings. The molecule has 0 spiro atoms. The van der Waals surface area contributed by atoms with Crippen LogP contribution in [0.2, 0.25) is 0 Å². The minimum atomic E-state index is -0.670. The van der Waals surface area contributed by atoms with Crippen LogP contribution in [0.1, 0.15) is 157 Å². The lowest BCUT2D eigenvalue weighted by Gasteiger charge is -2.45. The van der Waals surface area contributed by atoms with Gasteiger partial charge in [-0.1, -0.05) is 60.7 Å². The van der Waals surface area contributed by atoms with E-state index in [9.17, 15) is 24.0 Å². The van der Waals surface area contributed by atoms with E-state index in [1.807, 2.05) is 116 Å². The van der Waals surface area contributed by atoms with Gasteiger partial charge in [-0.15, -0.1) is 12.4 Å². The maximum Gasteiger partial charge on any atom is 0.410 e. The smallest absolute Gasteiger partial charge is 0.410 e. The van der Waals surface area contributed by atoms with Crippen molar-refractivity contribution in [2.75, 3.05) is 81.0 Å². The number of rotatable bonds is 30. The van der Waals surface area contributed by atoms with Gasteiger partial charge >= 0.3 is 6.09 Å². The van der Waals surface area contributed by atoms with E-state index in [-0.39, 0.29) is 72.3 Å². The van der Waals surface area contributed by atoms with Crippen molar-refractivity contribution in [1.29, 1.82) is 0 Å². The van der Waals surface area contributed by atoms with Crippen molar-refractivity contribution < 1.29 is 57.1 Å². The molecule has 2 saturated carbocycles. The summed E-state index contributed by atoms with van der Waals surface area (Å²) in [7, 11) is 6.49. The minimum absolute atomic E-state index is 0. The number of amides is 5. The van der Waals surface area contributed by atoms with Crippen molar-refractivity contribution in [3.8, 4) is 23.0 Å². The predicted molar refractivity (Wildman–Crippen MR) is 353 cm³/mol. The lowest BCUT2D eigenvalue weighted by atomic mass is 9.93. The predicted octanol–water partition coefficient (Wildman–Crippen LogP) is 11.5. The number of piperidine rings is 2. The molecule has 496 valence electrons. The average molecular weight is 1270 g/mol. The second kappa shape index (κ2) is 35.9. The molecule has 2 heterocycles. The molecule has 5 amide bonds. The Bertz CT molecular complexity index is 2860. The van der Waals surface area contributed by atoms with E-state index < -0.39 is 11.7 Å². The summed E-state index contributed by atoms with van der Waals surface area (Å²) in [6, 6.07) is 31.2. The first kappa shape index (κ1) is 72.5. The quantitative estimate of drug-likeness (QED) is 0.0488. The molecule has 0 bridgehead atoms. The van der Waals surface area contributed by atoms with Crippen molar-refractivity contribution in [3.63, 3.8) is 0 Å². The van der Waals surface area contributed by atoms with E-state index in [1.165, 1.54) is 0 Å². The van der Waals surface area contributed by atoms with Crippen molar-refractivity contribution in [2.45, 2.75) is 192 Å². The number of likely N-dealkylation sites (tertiary alicyclic amines) is 1. The Morgan fingerprint density at radius 1 is 0.544 bits per heavy atom. The van der Waals surface area contributed by atoms with E-state index in [1.54, 1.807) is 63.7 Å². The number of hydrogen-bond donors (Lipinski definition) is 1. The third kappa shape index (κ3) is 21.8. The van der Waals surface area contributed by atoms with Crippen LogP contribution in [-0.4, -0.2) is 189 Å². The summed E-state index contributed by atoms with van der Waals surface area (Å²) >= 11 is 0. The Kier molecular flexibility index (Phi) is 28.9. The molecule has 2 aliphatic heterocycles. The van der Waals surface area contributed by atoms with Gasteiger partial charge in [0.25, 0.3) is 11.8 Å². The van der Waals surface area contributed by atoms with Crippen LogP contribution in [0.4, 0.5) is 4.79 Å². The van der Waals surface area contributed by atoms with Crippen molar-refractivity contribution in [2.24, 2.45) is 0 Å². The van der Waals surface area contributed by atoms with E-state index in [4.69, 9.17) is 33.2 Å². The van der Waals surface area contributed by atoms with Gasteiger partial charge < -0.3 is 63.0 Å². The molecule has 2 saturated heterocycles. The molecule has 8 rings (SSSR count). The van der Waals surface area contributed by atoms with Gasteiger partial charge in [-0.2, -0.15) is 0 Å². The number of ether oxygens (including phenoxy) is 7. The van der Waals surface area contributed by atoms with Crippen LogP contribution in [0, 0.1) is 0 Å². The number of nitrogens with one attached hydrogen (secondary N) is 1. The SMILES string of the molecule is COCCCOc1cc(C(=O)N(C(C)C)[C@@H]2CC[C@H](CCN(C(=O)Cc3ccccc3)C3CC3)N(C(=O)OC(C)(C)C)C2)ccc1OC.COCCCOc1cc(C(=O)N(C(C)C)[C@@H]2CC[C@H](CCN(C(=O)Cc3ccccc3)C3CC3)NC2)ccc1OC.Cl. The number of hydrogen-bond acceptors (Lipinski definition) is 13. The molecule has 4 fully saturated rings. The molecule has 0 aromatic heterocycles. The summed E-state index contributed by atoms with van der Waals surface area (Å²) in [5, 5.41) is 3.70. The number of carbonyl (C=O) groups is 5. The highest BCUT2D eigenvalue weighted by Crippen LogP contribution is 2.35. The average Bonchev–Trinajstić information content (AvgIpc) is 1.09. The van der Waals surface area contributed by atoms with Crippen LogP contribution in [0.5, 0.6) is 23.0 Å². The van der Waals surface area contributed by atoms with Crippen LogP contribution >= 0.6 is 12.4 Å². The fraction of sp³-hybridized carbons (Fsp3) is 0.592. The third-order valence-corrected chi connectivity index (χ3v) is 16.9. The first-order valence-corrected chi connectivity index (χ1v) is 32.5. The maximum atomic E-state index is 14.2. The van der Waals surface area contributed by atoms with Crippen molar-refractivity contribution >= 4 is 42.1 Å². The fourth-order valence-electron chi connectivity index (χ4n) is 12.1. The van der Waals surface area contributed by atoms with Crippen molar-refractivity contribution in [3.05, 3.63) is 119 Å². The number of carbonyl (C=O) groups excluding carboxylic acids is 5. The lowest BCUT2D eigenvalue weighted by Crippen LogP contribution is -2.58. The van der Waals surface area contributed by atoms with Gasteiger partial charge in [-0.25, -0.2) is 4.79 Å². The normalized spacial score (nSPS) is 18.1. The summed E-state index contributed by atoms with van der Waals surface area (Å²) < 4.78 is 39.0. The molecule has 90 heavy (non-hydrogen) atoms. The lowest BCUT2D eigenvalue weighted by molar-refractivity contribution is -0.132. The van der Waals surface area contributed by atoms with E-state index >= 15 is 0 Å². The van der Waals surface area contributed by atoms with E-state index in [0.717, 1.165) is 82.0 Å². The molecule has 1 N–H and O–H groups in total. The van der Waals surface area contributed by atoms with Gasteiger partial charge in [0.05, 0.1) is 46.3 Å². The molecule has 18 nitrogen and oxygen atoms in total. The Labute approximate surface area is 542 Å². The molecule has 0 radical (unpaired) electrons. The Balaban J connectivity index is 0.000000287. The highest BCUT2D eigenvalue weighted by atomic mass is 35.5. The largest absolute Gasteiger partial charge is 0.493 e. The zero-order chi connectivity index (χ0) is 64.0. The first-order chi connectivity index (χ1) is 42.8. The summed E-state index contributed by atoms with van der Waals surface area (Å²) in [5.74, 6) is 2.46. The second-order valence-corrected chi connectivity index (χ2v) is 25.6. The van der Waals surface area contributed by atoms with Gasteiger partial charge in [-0.3, -0.25) is 19.2 Å². The van der Waals surface area contributed by atoms with E-state index in [2.05, 4.69) is 24.1 Å². The third-order valence-electron chi connectivity index (χ3n) is 16.9. The number of nitrogens with zero attached hydrogens (tertiary/aromatic N) is 5. The van der Waals surface area contributed by atoms with Gasteiger partial charge in [0.2, 0.25) is 11.8 Å². The number of halogens is 1. The molecule has 19 heteroatoms. The summed E-state index contributed by atoms with van der Waals surface area (Å²) in [6.07, 6.45) is 11.1. The molecule has 0 unspecified atom stereocenters. The number of methoxy groups -OCH3 is 4. The summed E-state index contributed by atoms with van der Waals surface area (Å²) in [6.45, 7) is 18.3. The zero-order valence-electron chi connectivity index (χ0n) is 55.5. The van der Waals surface area contributed by atoms with E-state index in [0.29, 0.717) is 118 Å². The van der Waals surface area contributed by atoms with Crippen LogP contribution in [-0.2, 0) is 36.6 Å². The zero-order valence-corrected chi connectivity index (χ0v) is 56.3. The molecule has 4 aromatic carbocycles. The van der Waals surface area contributed by atoms with Crippen LogP contribution in [0.25, 0.3) is 0 Å². The van der Waals surface area contributed by atoms with Crippen LogP contribution < -0.4 is 24.3 Å². The highest BCUT2D eigenvalue weighted by molar-refractivity contribution is 5.96. The number of benzene rings is 4. The van der Waals surface area contributed by atoms with Gasteiger partial charge in [0, 0.05) is 120 Å². The van der Waals surface area contributed by atoms with Gasteiger partial charge in [-0.05, 0) is 160 Å². The Morgan fingerprint density at radius 2 is 0.989 bits per heavy atom. The van der Waals surface area contributed by atoms with Crippen LogP contribution in [0.15, 0.2) is 97.1 Å². The topological polar surface area (TPSA) is 178 Å². The van der Waals surface area contributed by atoms with Crippen LogP contribution in [0.3, 0.4) is 0 Å². The van der Waals surface area contributed by atoms with Crippen molar-refractivity contribution in [1.82, 2.24) is 29.8 Å². The maximum absolute atomic E-state index is 14.2. The summed E-state index contributed by atoms with van der Waals surface area (Å²) in [4.78, 5) is 77.9. The Hall–Kier alpha value is -6.60. The standard InChI is InChI=1S/C38H55N3O7.C33H47N3O5.ClH/c1-27(2)41(36(43)29-14-19-33(46-7)34(25-29)47-23-11-22-45-6)32-18-17-31(40(26-32)37(44)48-38(3,4)5)20-21-39(30-15-16-30)35(42)24-28-12-9-8-10-13-28;1-24(2)36(33(38)26-11-16-30(40-4)31(22-26)41-20-8-19-39-3)29-13-12-27(34-23-29)17-18-35(28-14-15-28)32(37)21-25-9-6-5-7-10-25;/h8-10,12-14,19,25,27,30-32H,11,15-18,20-24,26H2,1-7H3;5-7,9-11,16,22,24,27-29,34H,8,12-15,17-21,23H2,1-4H3;1H/t31-,32-;27-,29-;/m11./s1. The monoisotopic (exact) mass is 1270 g/mol.